The fourth-order valence-electron chi connectivity index (χ4n) is 2.01. The summed E-state index contributed by atoms with van der Waals surface area (Å²) in [6.07, 6.45) is 1.17. The van der Waals surface area contributed by atoms with E-state index in [0.717, 1.165) is 6.54 Å². The fourth-order valence-corrected chi connectivity index (χ4v) is 2.94. The smallest absolute Gasteiger partial charge is 0.0374 e. The van der Waals surface area contributed by atoms with Gasteiger partial charge >= 0.3 is 0 Å². The quantitative estimate of drug-likeness (QED) is 0.832. The van der Waals surface area contributed by atoms with Crippen LogP contribution in [-0.2, 0) is 6.42 Å². The first-order valence-corrected chi connectivity index (χ1v) is 6.29. The van der Waals surface area contributed by atoms with Crippen LogP contribution in [-0.4, -0.2) is 13.6 Å². The second kappa shape index (κ2) is 4.77. The summed E-state index contributed by atoms with van der Waals surface area (Å²) in [7, 11) is 2.02. The van der Waals surface area contributed by atoms with Crippen LogP contribution in [0.4, 0.5) is 0 Å². The number of fused-ring (bicyclic) bond motifs is 1. The van der Waals surface area contributed by atoms with Crippen molar-refractivity contribution < 1.29 is 0 Å². The largest absolute Gasteiger partial charge is 0.319 e. The molecule has 1 atom stereocenters. The molecule has 2 rings (SSSR count). The van der Waals surface area contributed by atoms with Gasteiger partial charge in [-0.05, 0) is 48.3 Å². The van der Waals surface area contributed by atoms with Crippen LogP contribution < -0.4 is 5.32 Å². The van der Waals surface area contributed by atoms with E-state index in [0.29, 0.717) is 5.92 Å². The molecule has 0 saturated heterocycles. The van der Waals surface area contributed by atoms with Crippen molar-refractivity contribution in [2.45, 2.75) is 13.3 Å². The molecule has 0 radical (unpaired) electrons. The van der Waals surface area contributed by atoms with E-state index >= 15 is 0 Å². The zero-order valence-electron chi connectivity index (χ0n) is 9.29. The lowest BCUT2D eigenvalue weighted by Crippen LogP contribution is -2.17. The number of hydrogen-bond acceptors (Lipinski definition) is 2. The molecule has 15 heavy (non-hydrogen) atoms. The van der Waals surface area contributed by atoms with E-state index in [1.54, 1.807) is 0 Å². The monoisotopic (exact) mass is 219 g/mol. The second-order valence-electron chi connectivity index (χ2n) is 4.12. The molecule has 0 saturated carbocycles. The molecule has 1 nitrogen and oxygen atoms in total. The molecule has 2 aromatic rings. The molecule has 80 valence electrons. The minimum Gasteiger partial charge on any atom is -0.319 e. The summed E-state index contributed by atoms with van der Waals surface area (Å²) in [5.74, 6) is 0.697. The predicted molar refractivity (Wildman–Crippen MR) is 68.6 cm³/mol. The minimum absolute atomic E-state index is 0.697. The van der Waals surface area contributed by atoms with Crippen LogP contribution in [0.3, 0.4) is 0 Å². The van der Waals surface area contributed by atoms with Gasteiger partial charge in [-0.1, -0.05) is 25.1 Å². The Kier molecular flexibility index (Phi) is 3.39. The van der Waals surface area contributed by atoms with Crippen LogP contribution in [0.15, 0.2) is 29.6 Å². The zero-order chi connectivity index (χ0) is 10.7. The van der Waals surface area contributed by atoms with Gasteiger partial charge in [0, 0.05) is 4.70 Å². The van der Waals surface area contributed by atoms with Gasteiger partial charge in [-0.15, -0.1) is 11.3 Å². The van der Waals surface area contributed by atoms with Gasteiger partial charge in [-0.3, -0.25) is 0 Å². The van der Waals surface area contributed by atoms with Crippen molar-refractivity contribution in [1.29, 1.82) is 0 Å². The highest BCUT2D eigenvalue weighted by atomic mass is 32.1. The summed E-state index contributed by atoms with van der Waals surface area (Å²) in [5.41, 5.74) is 1.49. The maximum atomic E-state index is 3.23. The lowest BCUT2D eigenvalue weighted by atomic mass is 10.0. The molecule has 1 heterocycles. The average molecular weight is 219 g/mol. The normalized spacial score (nSPS) is 13.2. The van der Waals surface area contributed by atoms with E-state index in [4.69, 9.17) is 0 Å². The van der Waals surface area contributed by atoms with Crippen LogP contribution in [0, 0.1) is 5.92 Å². The molecule has 0 spiro atoms. The fraction of sp³-hybridized carbons (Fsp3) is 0.385. The summed E-state index contributed by atoms with van der Waals surface area (Å²) >= 11 is 1.85. The van der Waals surface area contributed by atoms with Crippen molar-refractivity contribution in [3.63, 3.8) is 0 Å². The van der Waals surface area contributed by atoms with E-state index < -0.39 is 0 Å². The number of thiophene rings is 1. The third kappa shape index (κ3) is 2.39. The van der Waals surface area contributed by atoms with E-state index in [-0.39, 0.29) is 0 Å². The maximum absolute atomic E-state index is 3.23. The molecule has 0 aliphatic heterocycles. The van der Waals surface area contributed by atoms with Gasteiger partial charge in [0.25, 0.3) is 0 Å². The molecular weight excluding hydrogens is 202 g/mol. The molecule has 1 aromatic carbocycles. The van der Waals surface area contributed by atoms with Gasteiger partial charge in [-0.2, -0.15) is 0 Å². The van der Waals surface area contributed by atoms with Gasteiger partial charge in [-0.25, -0.2) is 0 Å². The van der Waals surface area contributed by atoms with Crippen molar-refractivity contribution in [2.75, 3.05) is 13.6 Å². The Bertz CT molecular complexity index is 433. The topological polar surface area (TPSA) is 12.0 Å². The van der Waals surface area contributed by atoms with Gasteiger partial charge in [0.15, 0.2) is 0 Å². The Labute approximate surface area is 95.1 Å². The van der Waals surface area contributed by atoms with Gasteiger partial charge in [0.2, 0.25) is 0 Å². The standard InChI is InChI=1S/C13H17NS/c1-10(9-14-2)8-12-5-3-4-11-6-7-15-13(11)12/h3-7,10,14H,8-9H2,1-2H3. The number of nitrogens with one attached hydrogen (secondary N) is 1. The Balaban J connectivity index is 2.23. The van der Waals surface area contributed by atoms with E-state index in [1.165, 1.54) is 22.1 Å². The second-order valence-corrected chi connectivity index (χ2v) is 5.04. The molecule has 0 fully saturated rings. The minimum atomic E-state index is 0.697. The van der Waals surface area contributed by atoms with Crippen molar-refractivity contribution in [2.24, 2.45) is 5.92 Å². The third-order valence-electron chi connectivity index (χ3n) is 2.68. The Hall–Kier alpha value is -0.860. The highest BCUT2D eigenvalue weighted by Gasteiger charge is 2.06. The molecule has 1 unspecified atom stereocenters. The third-order valence-corrected chi connectivity index (χ3v) is 3.69. The van der Waals surface area contributed by atoms with Gasteiger partial charge in [0.1, 0.15) is 0 Å². The van der Waals surface area contributed by atoms with Crippen molar-refractivity contribution in [1.82, 2.24) is 5.32 Å². The average Bonchev–Trinajstić information content (AvgIpc) is 2.67. The lowest BCUT2D eigenvalue weighted by molar-refractivity contribution is 0.543. The molecular formula is C13H17NS. The first-order chi connectivity index (χ1) is 7.31. The van der Waals surface area contributed by atoms with Crippen LogP contribution in [0.25, 0.3) is 10.1 Å². The molecule has 0 aliphatic carbocycles. The van der Waals surface area contributed by atoms with E-state index in [2.05, 4.69) is 41.9 Å². The van der Waals surface area contributed by atoms with Crippen molar-refractivity contribution in [3.05, 3.63) is 35.2 Å². The molecule has 0 bridgehead atoms. The lowest BCUT2D eigenvalue weighted by Gasteiger charge is -2.11. The van der Waals surface area contributed by atoms with Crippen LogP contribution in [0.1, 0.15) is 12.5 Å². The van der Waals surface area contributed by atoms with E-state index in [1.807, 2.05) is 18.4 Å². The Morgan fingerprint density at radius 1 is 1.33 bits per heavy atom. The molecule has 1 N–H and O–H groups in total. The van der Waals surface area contributed by atoms with Gasteiger partial charge in [0.05, 0.1) is 0 Å². The number of rotatable bonds is 4. The van der Waals surface area contributed by atoms with Crippen LogP contribution >= 0.6 is 11.3 Å². The summed E-state index contributed by atoms with van der Waals surface area (Å²) in [6.45, 7) is 3.38. The predicted octanol–water partition coefficient (Wildman–Crippen LogP) is 3.30. The Morgan fingerprint density at radius 2 is 2.20 bits per heavy atom. The molecule has 2 heteroatoms. The summed E-state index contributed by atoms with van der Waals surface area (Å²) in [4.78, 5) is 0. The summed E-state index contributed by atoms with van der Waals surface area (Å²) < 4.78 is 1.46. The maximum Gasteiger partial charge on any atom is 0.0374 e. The summed E-state index contributed by atoms with van der Waals surface area (Å²) in [5, 5.41) is 6.79. The first-order valence-electron chi connectivity index (χ1n) is 5.41. The molecule has 0 amide bonds. The molecule has 1 aromatic heterocycles. The Morgan fingerprint density at radius 3 is 3.00 bits per heavy atom. The zero-order valence-corrected chi connectivity index (χ0v) is 10.1. The molecule has 0 aliphatic rings. The first kappa shape index (κ1) is 10.7. The van der Waals surface area contributed by atoms with Crippen LogP contribution in [0.2, 0.25) is 0 Å². The van der Waals surface area contributed by atoms with Crippen LogP contribution in [0.5, 0.6) is 0 Å². The SMILES string of the molecule is CNCC(C)Cc1cccc2ccsc12. The van der Waals surface area contributed by atoms with Crippen molar-refractivity contribution >= 4 is 21.4 Å². The number of hydrogen-bond donors (Lipinski definition) is 1. The highest BCUT2D eigenvalue weighted by molar-refractivity contribution is 7.17. The summed E-state index contributed by atoms with van der Waals surface area (Å²) in [6, 6.07) is 8.81. The van der Waals surface area contributed by atoms with E-state index in [9.17, 15) is 0 Å². The highest BCUT2D eigenvalue weighted by Crippen LogP contribution is 2.26. The van der Waals surface area contributed by atoms with Gasteiger partial charge < -0.3 is 5.32 Å². The number of benzene rings is 1. The van der Waals surface area contributed by atoms with Crippen molar-refractivity contribution in [3.8, 4) is 0 Å².